The van der Waals surface area contributed by atoms with Crippen molar-refractivity contribution in [2.45, 2.75) is 18.1 Å². The minimum Gasteiger partial charge on any atom is -0.349 e. The predicted octanol–water partition coefficient (Wildman–Crippen LogP) is 0.575. The second kappa shape index (κ2) is 5.50. The van der Waals surface area contributed by atoms with E-state index in [1.165, 1.54) is 0 Å². The molecule has 0 N–H and O–H groups in total. The highest BCUT2D eigenvalue weighted by atomic mass is 32.2. The monoisotopic (exact) mass is 201 g/mol. The van der Waals surface area contributed by atoms with Gasteiger partial charge in [0.15, 0.2) is 0 Å². The van der Waals surface area contributed by atoms with E-state index in [0.29, 0.717) is 11.7 Å². The van der Waals surface area contributed by atoms with Gasteiger partial charge in [-0.1, -0.05) is 0 Å². The predicted molar refractivity (Wildman–Crippen MR) is 56.0 cm³/mol. The van der Waals surface area contributed by atoms with E-state index in [-0.39, 0.29) is 5.91 Å². The first-order valence-corrected chi connectivity index (χ1v) is 5.70. The molecule has 13 heavy (non-hydrogen) atoms. The number of hydrogen-bond acceptors (Lipinski definition) is 2. The molecule has 1 saturated heterocycles. The van der Waals surface area contributed by atoms with Gasteiger partial charge in [0, 0.05) is 44.6 Å². The molecule has 0 aromatic carbocycles. The zero-order chi connectivity index (χ0) is 9.68. The van der Waals surface area contributed by atoms with Gasteiger partial charge in [-0.3, -0.25) is 4.79 Å². The first kappa shape index (κ1) is 10.9. The molecular formula is C9H17N2OS. The van der Waals surface area contributed by atoms with Crippen molar-refractivity contribution < 1.29 is 4.79 Å². The number of hydrogen-bond donors (Lipinski definition) is 0. The van der Waals surface area contributed by atoms with Crippen molar-refractivity contribution in [3.05, 3.63) is 0 Å². The summed E-state index contributed by atoms with van der Waals surface area (Å²) in [4.78, 5) is 12.9. The molecule has 1 amide bonds. The van der Waals surface area contributed by atoms with Gasteiger partial charge in [0.25, 0.3) is 0 Å². The maximum Gasteiger partial charge on any atom is 0.222 e. The molecule has 1 atom stereocenters. The minimum atomic E-state index is 0.228. The van der Waals surface area contributed by atoms with Crippen molar-refractivity contribution in [2.75, 3.05) is 32.9 Å². The lowest BCUT2D eigenvalue weighted by Crippen LogP contribution is -2.29. The number of carbonyl (C=O) groups is 1. The van der Waals surface area contributed by atoms with Gasteiger partial charge in [-0.25, -0.2) is 5.32 Å². The van der Waals surface area contributed by atoms with E-state index in [0.717, 1.165) is 25.3 Å². The Morgan fingerprint density at radius 2 is 2.38 bits per heavy atom. The van der Waals surface area contributed by atoms with E-state index in [4.69, 9.17) is 0 Å². The first-order valence-electron chi connectivity index (χ1n) is 4.65. The summed E-state index contributed by atoms with van der Waals surface area (Å²) in [5.41, 5.74) is 0. The smallest absolute Gasteiger partial charge is 0.222 e. The third-order valence-corrected chi connectivity index (χ3v) is 3.39. The van der Waals surface area contributed by atoms with Crippen LogP contribution in [0.15, 0.2) is 0 Å². The molecule has 0 aromatic rings. The quantitative estimate of drug-likeness (QED) is 0.669. The zero-order valence-corrected chi connectivity index (χ0v) is 9.14. The van der Waals surface area contributed by atoms with E-state index in [9.17, 15) is 4.79 Å². The molecule has 0 bridgehead atoms. The molecule has 1 rings (SSSR count). The van der Waals surface area contributed by atoms with E-state index in [1.807, 2.05) is 11.8 Å². The van der Waals surface area contributed by atoms with Gasteiger partial charge in [-0.15, -0.1) is 0 Å². The van der Waals surface area contributed by atoms with E-state index < -0.39 is 0 Å². The molecule has 1 fully saturated rings. The summed E-state index contributed by atoms with van der Waals surface area (Å²) in [5, 5.41) is 4.92. The standard InChI is InChI=1S/C9H17N2OS/c1-11(2)9(12)4-3-8-7-10-5-6-13-8/h8H,3-7H2,1-2H3. The Hall–Kier alpha value is -0.220. The lowest BCUT2D eigenvalue weighted by Gasteiger charge is -2.21. The van der Waals surface area contributed by atoms with Gasteiger partial charge >= 0.3 is 0 Å². The van der Waals surface area contributed by atoms with Crippen LogP contribution in [0.25, 0.3) is 0 Å². The Labute approximate surface area is 84.2 Å². The normalized spacial score (nSPS) is 22.8. The molecule has 1 unspecified atom stereocenters. The van der Waals surface area contributed by atoms with Crippen molar-refractivity contribution in [1.82, 2.24) is 10.2 Å². The molecule has 1 heterocycles. The number of nitrogens with zero attached hydrogens (tertiary/aromatic N) is 2. The molecule has 4 heteroatoms. The van der Waals surface area contributed by atoms with E-state index in [2.05, 4.69) is 5.32 Å². The molecule has 0 saturated carbocycles. The van der Waals surface area contributed by atoms with Crippen LogP contribution in [0.2, 0.25) is 0 Å². The van der Waals surface area contributed by atoms with Gasteiger partial charge in [-0.05, 0) is 6.42 Å². The fourth-order valence-electron chi connectivity index (χ4n) is 1.25. The van der Waals surface area contributed by atoms with E-state index in [1.54, 1.807) is 19.0 Å². The molecule has 0 aliphatic carbocycles. The molecule has 1 aliphatic heterocycles. The summed E-state index contributed by atoms with van der Waals surface area (Å²) < 4.78 is 0. The van der Waals surface area contributed by atoms with Crippen LogP contribution in [0.3, 0.4) is 0 Å². The average Bonchev–Trinajstić information content (AvgIpc) is 2.15. The fourth-order valence-corrected chi connectivity index (χ4v) is 2.32. The maximum absolute atomic E-state index is 11.3. The molecular weight excluding hydrogens is 184 g/mol. The third kappa shape index (κ3) is 4.00. The second-order valence-electron chi connectivity index (χ2n) is 3.45. The highest BCUT2D eigenvalue weighted by molar-refractivity contribution is 8.00. The summed E-state index contributed by atoms with van der Waals surface area (Å²) in [6, 6.07) is 0. The first-order chi connectivity index (χ1) is 6.20. The van der Waals surface area contributed by atoms with Gasteiger partial charge in [0.05, 0.1) is 0 Å². The number of amides is 1. The van der Waals surface area contributed by atoms with Gasteiger partial charge in [0.2, 0.25) is 5.91 Å². The lowest BCUT2D eigenvalue weighted by molar-refractivity contribution is -0.128. The van der Waals surface area contributed by atoms with Crippen LogP contribution in [0.5, 0.6) is 0 Å². The summed E-state index contributed by atoms with van der Waals surface area (Å²) in [6.07, 6.45) is 1.64. The summed E-state index contributed by atoms with van der Waals surface area (Å²) >= 11 is 1.95. The molecule has 75 valence electrons. The Morgan fingerprint density at radius 3 is 2.92 bits per heavy atom. The van der Waals surface area contributed by atoms with Crippen LogP contribution in [-0.2, 0) is 4.79 Å². The van der Waals surface area contributed by atoms with Gasteiger partial charge < -0.3 is 4.90 Å². The Morgan fingerprint density at radius 1 is 1.62 bits per heavy atom. The van der Waals surface area contributed by atoms with E-state index >= 15 is 0 Å². The van der Waals surface area contributed by atoms with Crippen LogP contribution < -0.4 is 5.32 Å². The number of rotatable bonds is 3. The fraction of sp³-hybridized carbons (Fsp3) is 0.889. The van der Waals surface area contributed by atoms with Crippen molar-refractivity contribution in [2.24, 2.45) is 0 Å². The molecule has 3 nitrogen and oxygen atoms in total. The summed E-state index contributed by atoms with van der Waals surface area (Å²) in [6.45, 7) is 1.92. The van der Waals surface area contributed by atoms with Crippen LogP contribution in [0.1, 0.15) is 12.8 Å². The highest BCUT2D eigenvalue weighted by Gasteiger charge is 2.15. The average molecular weight is 201 g/mol. The van der Waals surface area contributed by atoms with Crippen LogP contribution in [0.4, 0.5) is 0 Å². The Balaban J connectivity index is 2.13. The van der Waals surface area contributed by atoms with Crippen molar-refractivity contribution in [3.8, 4) is 0 Å². The highest BCUT2D eigenvalue weighted by Crippen LogP contribution is 2.18. The van der Waals surface area contributed by atoms with Crippen molar-refractivity contribution in [3.63, 3.8) is 0 Å². The van der Waals surface area contributed by atoms with Crippen LogP contribution >= 0.6 is 11.8 Å². The molecule has 0 spiro atoms. The summed E-state index contributed by atoms with van der Waals surface area (Å²) in [5.74, 6) is 1.35. The van der Waals surface area contributed by atoms with Crippen molar-refractivity contribution in [1.29, 1.82) is 0 Å². The third-order valence-electron chi connectivity index (χ3n) is 2.11. The SMILES string of the molecule is CN(C)C(=O)CCC1C[N]CCS1. The number of thioether (sulfide) groups is 1. The zero-order valence-electron chi connectivity index (χ0n) is 8.32. The largest absolute Gasteiger partial charge is 0.349 e. The lowest BCUT2D eigenvalue weighted by atomic mass is 10.2. The topological polar surface area (TPSA) is 34.4 Å². The molecule has 1 radical (unpaired) electrons. The Bertz CT molecular complexity index is 167. The number of carbonyl (C=O) groups excluding carboxylic acids is 1. The Kier molecular flexibility index (Phi) is 4.59. The van der Waals surface area contributed by atoms with Gasteiger partial charge in [-0.2, -0.15) is 11.8 Å². The van der Waals surface area contributed by atoms with Crippen LogP contribution in [0, 0.1) is 0 Å². The van der Waals surface area contributed by atoms with Gasteiger partial charge in [0.1, 0.15) is 0 Å². The summed E-state index contributed by atoms with van der Waals surface area (Å²) in [7, 11) is 3.61. The van der Waals surface area contributed by atoms with Crippen LogP contribution in [-0.4, -0.2) is 49.0 Å². The maximum atomic E-state index is 11.3. The van der Waals surface area contributed by atoms with Crippen molar-refractivity contribution >= 4 is 17.7 Å². The minimum absolute atomic E-state index is 0.228. The molecule has 1 aliphatic rings. The second-order valence-corrected chi connectivity index (χ2v) is 4.86. The molecule has 0 aromatic heterocycles.